The molecule has 0 heterocycles. The third-order valence-electron chi connectivity index (χ3n) is 2.83. The second kappa shape index (κ2) is 9.15. The average Bonchev–Trinajstić information content (AvgIpc) is 2.52. The Morgan fingerprint density at radius 2 is 2.17 bits per heavy atom. The molecular formula is C15H15ClF3N3O2. The highest BCUT2D eigenvalue weighted by Gasteiger charge is 2.33. The van der Waals surface area contributed by atoms with E-state index in [1.165, 1.54) is 13.2 Å². The van der Waals surface area contributed by atoms with Gasteiger partial charge in [0.15, 0.2) is 0 Å². The Balaban J connectivity index is 2.79. The molecule has 5 nitrogen and oxygen atoms in total. The summed E-state index contributed by atoms with van der Waals surface area (Å²) in [5, 5.41) is 13.5. The van der Waals surface area contributed by atoms with E-state index < -0.39 is 22.7 Å². The molecule has 130 valence electrons. The van der Waals surface area contributed by atoms with Gasteiger partial charge in [-0.25, -0.2) is 0 Å². The summed E-state index contributed by atoms with van der Waals surface area (Å²) in [5.41, 5.74) is -1.23. The third kappa shape index (κ3) is 6.10. The number of nitrogens with one attached hydrogen (secondary N) is 2. The zero-order valence-electron chi connectivity index (χ0n) is 12.7. The number of carbonyl (C=O) groups excluding carboxylic acids is 1. The highest BCUT2D eigenvalue weighted by molar-refractivity contribution is 6.31. The standard InChI is InChI=1S/C15H15ClF3N3O2/c1-24-6-2-5-21-14(23)10(8-20)9-22-11-3-4-13(16)12(7-11)15(17,18)19/h3-4,7,9,22H,2,5-6H2,1H3,(H,21,23)/b10-9-. The van der Waals surface area contributed by atoms with Crippen molar-refractivity contribution in [3.63, 3.8) is 0 Å². The molecule has 1 rings (SSSR count). The number of methoxy groups -OCH3 is 1. The number of amides is 1. The number of ether oxygens (including phenoxy) is 1. The first-order chi connectivity index (χ1) is 11.3. The second-order valence-corrected chi connectivity index (χ2v) is 5.02. The minimum Gasteiger partial charge on any atom is -0.385 e. The zero-order valence-corrected chi connectivity index (χ0v) is 13.5. The van der Waals surface area contributed by atoms with Gasteiger partial charge in [-0.2, -0.15) is 18.4 Å². The van der Waals surface area contributed by atoms with Crippen LogP contribution in [0.3, 0.4) is 0 Å². The molecule has 0 spiro atoms. The summed E-state index contributed by atoms with van der Waals surface area (Å²) in [6.07, 6.45) is -3.00. The average molecular weight is 362 g/mol. The van der Waals surface area contributed by atoms with Gasteiger partial charge in [0.2, 0.25) is 0 Å². The summed E-state index contributed by atoms with van der Waals surface area (Å²) in [5.74, 6) is -0.633. The van der Waals surface area contributed by atoms with Crippen LogP contribution in [0.15, 0.2) is 30.0 Å². The number of halogens is 4. The van der Waals surface area contributed by atoms with Crippen LogP contribution in [0.5, 0.6) is 0 Å². The Morgan fingerprint density at radius 3 is 2.75 bits per heavy atom. The molecule has 24 heavy (non-hydrogen) atoms. The summed E-state index contributed by atoms with van der Waals surface area (Å²) >= 11 is 5.51. The van der Waals surface area contributed by atoms with Gasteiger partial charge in [0, 0.05) is 32.1 Å². The summed E-state index contributed by atoms with van der Waals surface area (Å²) in [6.45, 7) is 0.764. The second-order valence-electron chi connectivity index (χ2n) is 4.61. The molecule has 0 saturated carbocycles. The fourth-order valence-corrected chi connectivity index (χ4v) is 1.87. The number of nitrogens with zero attached hydrogens (tertiary/aromatic N) is 1. The maximum Gasteiger partial charge on any atom is 0.417 e. The van der Waals surface area contributed by atoms with Gasteiger partial charge in [-0.05, 0) is 24.6 Å². The van der Waals surface area contributed by atoms with Crippen molar-refractivity contribution >= 4 is 23.2 Å². The monoisotopic (exact) mass is 361 g/mol. The smallest absolute Gasteiger partial charge is 0.385 e. The quantitative estimate of drug-likeness (QED) is 0.444. The van der Waals surface area contributed by atoms with Crippen molar-refractivity contribution in [2.75, 3.05) is 25.6 Å². The lowest BCUT2D eigenvalue weighted by molar-refractivity contribution is -0.137. The first-order valence-corrected chi connectivity index (χ1v) is 7.18. The van der Waals surface area contributed by atoms with E-state index >= 15 is 0 Å². The van der Waals surface area contributed by atoms with Gasteiger partial charge in [-0.1, -0.05) is 11.6 Å². The molecule has 2 N–H and O–H groups in total. The largest absolute Gasteiger partial charge is 0.417 e. The van der Waals surface area contributed by atoms with E-state index in [2.05, 4.69) is 10.6 Å². The Bertz CT molecular complexity index is 654. The van der Waals surface area contributed by atoms with Crippen LogP contribution in [0.2, 0.25) is 5.02 Å². The molecule has 9 heteroatoms. The molecule has 0 radical (unpaired) electrons. The molecule has 1 aromatic carbocycles. The zero-order chi connectivity index (χ0) is 18.2. The van der Waals surface area contributed by atoms with Gasteiger partial charge in [-0.15, -0.1) is 0 Å². The lowest BCUT2D eigenvalue weighted by Gasteiger charge is -2.11. The summed E-state index contributed by atoms with van der Waals surface area (Å²) < 4.78 is 43.1. The number of carbonyl (C=O) groups is 1. The fourth-order valence-electron chi connectivity index (χ4n) is 1.65. The Kier molecular flexibility index (Phi) is 7.55. The highest BCUT2D eigenvalue weighted by atomic mass is 35.5. The maximum absolute atomic E-state index is 12.8. The molecule has 0 saturated heterocycles. The van der Waals surface area contributed by atoms with Gasteiger partial charge in [0.05, 0.1) is 10.6 Å². The summed E-state index contributed by atoms with van der Waals surface area (Å²) in [6, 6.07) is 4.86. The van der Waals surface area contributed by atoms with Gasteiger partial charge in [0.1, 0.15) is 11.6 Å². The van der Waals surface area contributed by atoms with E-state index in [1.54, 1.807) is 6.07 Å². The molecule has 0 bridgehead atoms. The van der Waals surface area contributed by atoms with E-state index in [-0.39, 0.29) is 11.3 Å². The molecule has 0 unspecified atom stereocenters. The maximum atomic E-state index is 12.8. The predicted octanol–water partition coefficient (Wildman–Crippen LogP) is 3.33. The van der Waals surface area contributed by atoms with Gasteiger partial charge >= 0.3 is 6.18 Å². The lowest BCUT2D eigenvalue weighted by Crippen LogP contribution is -2.26. The summed E-state index contributed by atoms with van der Waals surface area (Å²) in [7, 11) is 1.52. The van der Waals surface area contributed by atoms with Crippen LogP contribution in [-0.2, 0) is 15.7 Å². The minimum absolute atomic E-state index is 0.0478. The normalized spacial score (nSPS) is 11.8. The van der Waals surface area contributed by atoms with Crippen molar-refractivity contribution in [2.24, 2.45) is 0 Å². The van der Waals surface area contributed by atoms with Crippen LogP contribution in [0.1, 0.15) is 12.0 Å². The first-order valence-electron chi connectivity index (χ1n) is 6.80. The van der Waals surface area contributed by atoms with Crippen molar-refractivity contribution in [1.29, 1.82) is 5.26 Å². The Labute approximate surface area is 142 Å². The van der Waals surface area contributed by atoms with Gasteiger partial charge in [0.25, 0.3) is 5.91 Å². The van der Waals surface area contributed by atoms with Crippen molar-refractivity contribution in [2.45, 2.75) is 12.6 Å². The van der Waals surface area contributed by atoms with E-state index in [0.717, 1.165) is 18.3 Å². The molecule has 0 aliphatic carbocycles. The molecule has 0 aliphatic heterocycles. The summed E-state index contributed by atoms with van der Waals surface area (Å²) in [4.78, 5) is 11.8. The highest BCUT2D eigenvalue weighted by Crippen LogP contribution is 2.36. The molecule has 1 amide bonds. The number of hydrogen-bond acceptors (Lipinski definition) is 4. The molecule has 0 atom stereocenters. The molecule has 0 fully saturated rings. The number of rotatable bonds is 7. The van der Waals surface area contributed by atoms with E-state index in [9.17, 15) is 18.0 Å². The molecule has 1 aromatic rings. The van der Waals surface area contributed by atoms with Crippen LogP contribution >= 0.6 is 11.6 Å². The van der Waals surface area contributed by atoms with E-state index in [4.69, 9.17) is 21.6 Å². The van der Waals surface area contributed by atoms with Crippen molar-refractivity contribution in [3.05, 3.63) is 40.6 Å². The van der Waals surface area contributed by atoms with Gasteiger partial charge < -0.3 is 15.4 Å². The Morgan fingerprint density at radius 1 is 1.46 bits per heavy atom. The SMILES string of the molecule is COCCCNC(=O)/C(C#N)=C\Nc1ccc(Cl)c(C(F)(F)F)c1. The van der Waals surface area contributed by atoms with Crippen LogP contribution in [0.25, 0.3) is 0 Å². The van der Waals surface area contributed by atoms with E-state index in [0.29, 0.717) is 19.6 Å². The lowest BCUT2D eigenvalue weighted by atomic mass is 10.2. The predicted molar refractivity (Wildman–Crippen MR) is 83.3 cm³/mol. The number of alkyl halides is 3. The molecule has 0 aromatic heterocycles. The minimum atomic E-state index is -4.60. The fraction of sp³-hybridized carbons (Fsp3) is 0.333. The molecular weight excluding hydrogens is 347 g/mol. The number of anilines is 1. The van der Waals surface area contributed by atoms with Crippen LogP contribution in [-0.4, -0.2) is 26.2 Å². The first kappa shape index (κ1) is 19.8. The van der Waals surface area contributed by atoms with Crippen LogP contribution < -0.4 is 10.6 Å². The van der Waals surface area contributed by atoms with Gasteiger partial charge in [-0.3, -0.25) is 4.79 Å². The third-order valence-corrected chi connectivity index (χ3v) is 3.16. The Hall–Kier alpha value is -2.24. The van der Waals surface area contributed by atoms with Crippen LogP contribution in [0.4, 0.5) is 18.9 Å². The molecule has 0 aliphatic rings. The van der Waals surface area contributed by atoms with Crippen molar-refractivity contribution in [1.82, 2.24) is 5.32 Å². The van der Waals surface area contributed by atoms with Crippen molar-refractivity contribution < 1.29 is 22.7 Å². The number of hydrogen-bond donors (Lipinski definition) is 2. The number of nitriles is 1. The van der Waals surface area contributed by atoms with Crippen LogP contribution in [0, 0.1) is 11.3 Å². The van der Waals surface area contributed by atoms with E-state index in [1.807, 2.05) is 0 Å². The topological polar surface area (TPSA) is 74.1 Å². The number of benzene rings is 1. The van der Waals surface area contributed by atoms with Crippen molar-refractivity contribution in [3.8, 4) is 6.07 Å².